The number of nitrogens with two attached hydrogens (primary N) is 1. The van der Waals surface area contributed by atoms with Gasteiger partial charge in [-0.3, -0.25) is 0 Å². The summed E-state index contributed by atoms with van der Waals surface area (Å²) in [5.41, 5.74) is 6.04. The molecule has 0 amide bonds. The van der Waals surface area contributed by atoms with Crippen molar-refractivity contribution in [2.45, 2.75) is 0 Å². The van der Waals surface area contributed by atoms with Crippen LogP contribution in [0.25, 0.3) is 10.8 Å². The van der Waals surface area contributed by atoms with Crippen molar-refractivity contribution in [1.82, 2.24) is 15.0 Å². The highest BCUT2D eigenvalue weighted by molar-refractivity contribution is 7.35. The molecule has 0 aliphatic heterocycles. The summed E-state index contributed by atoms with van der Waals surface area (Å²) in [6.45, 7) is 0. The molecule has 6 heteroatoms. The Morgan fingerprint density at radius 2 is 2.27 bits per heavy atom. The zero-order valence-electron chi connectivity index (χ0n) is 5.37. The smallest absolute Gasteiger partial charge is 0.222 e. The van der Waals surface area contributed by atoms with Crippen LogP contribution in [0, 0.1) is 0 Å². The van der Waals surface area contributed by atoms with Crippen LogP contribution >= 0.6 is 19.8 Å². The van der Waals surface area contributed by atoms with Crippen molar-refractivity contribution in [2.24, 2.45) is 0 Å². The van der Waals surface area contributed by atoms with Gasteiger partial charge in [-0.1, -0.05) is 19.8 Å². The number of rotatable bonds is 0. The third kappa shape index (κ3) is 1.04. The fourth-order valence-electron chi connectivity index (χ4n) is 0.817. The van der Waals surface area contributed by atoms with Gasteiger partial charge >= 0.3 is 0 Å². The highest BCUT2D eigenvalue weighted by Gasteiger charge is 2.04. The zero-order chi connectivity index (χ0) is 7.84. The molecule has 0 aromatic carbocycles. The van der Waals surface area contributed by atoms with Crippen LogP contribution in [0.1, 0.15) is 0 Å². The molecule has 0 fully saturated rings. The summed E-state index contributed by atoms with van der Waals surface area (Å²) in [5, 5.41) is 1.18. The quantitative estimate of drug-likeness (QED) is 0.630. The molecule has 4 nitrogen and oxygen atoms in total. The number of nitrogen functional groups attached to an aromatic ring is 1. The first-order chi connectivity index (χ1) is 5.27. The van der Waals surface area contributed by atoms with Crippen molar-refractivity contribution >= 4 is 36.5 Å². The minimum Gasteiger partial charge on any atom is -0.368 e. The minimum atomic E-state index is 0.215. The van der Waals surface area contributed by atoms with Crippen LogP contribution in [0.3, 0.4) is 0 Å². The largest absolute Gasteiger partial charge is 0.368 e. The highest BCUT2D eigenvalue weighted by atomic mass is 35.5. The molecule has 2 heterocycles. The van der Waals surface area contributed by atoms with Gasteiger partial charge < -0.3 is 5.73 Å². The van der Waals surface area contributed by atoms with E-state index >= 15 is 0 Å². The monoisotopic (exact) mass is 186 g/mol. The number of fused-ring (bicyclic) bond motifs is 1. The van der Waals surface area contributed by atoms with Gasteiger partial charge in [-0.05, 0) is 0 Å². The molecule has 0 bridgehead atoms. The minimum absolute atomic E-state index is 0.215. The Hall–Kier alpha value is -0.860. The van der Waals surface area contributed by atoms with Gasteiger partial charge in [0, 0.05) is 5.93 Å². The maximum atomic E-state index is 5.73. The van der Waals surface area contributed by atoms with E-state index in [1.54, 1.807) is 5.93 Å². The Balaban J connectivity index is 2.91. The molecular formula is C5H4ClN4P. The second-order valence-corrected chi connectivity index (χ2v) is 3.35. The van der Waals surface area contributed by atoms with E-state index in [1.807, 2.05) is 0 Å². The third-order valence-corrected chi connectivity index (χ3v) is 2.40. The molecule has 0 spiro atoms. The predicted octanol–water partition coefficient (Wildman–Crippen LogP) is 1.29. The molecule has 56 valence electrons. The SMILES string of the molecule is Nc1nc(Cl)c2nc[pH]c2n1. The second kappa shape index (κ2) is 2.32. The number of halogens is 1. The van der Waals surface area contributed by atoms with Gasteiger partial charge in [0.05, 0.1) is 0 Å². The molecule has 2 aromatic rings. The van der Waals surface area contributed by atoms with E-state index in [1.165, 1.54) is 0 Å². The molecule has 0 aliphatic rings. The van der Waals surface area contributed by atoms with E-state index in [4.69, 9.17) is 17.3 Å². The number of hydrogen-bond donors (Lipinski definition) is 1. The van der Waals surface area contributed by atoms with Crippen LogP contribution in [0.2, 0.25) is 5.15 Å². The normalized spacial score (nSPS) is 11.4. The van der Waals surface area contributed by atoms with E-state index < -0.39 is 0 Å². The van der Waals surface area contributed by atoms with Gasteiger partial charge in [0.2, 0.25) is 5.95 Å². The number of aromatic nitrogens is 3. The summed E-state index contributed by atoms with van der Waals surface area (Å²) in [4.78, 5) is 11.8. The van der Waals surface area contributed by atoms with E-state index in [-0.39, 0.29) is 5.95 Å². The molecular weight excluding hydrogens is 183 g/mol. The van der Waals surface area contributed by atoms with Crippen LogP contribution in [0.4, 0.5) is 5.95 Å². The summed E-state index contributed by atoms with van der Waals surface area (Å²) < 4.78 is 0. The van der Waals surface area contributed by atoms with Gasteiger partial charge in [-0.15, -0.1) is 0 Å². The fraction of sp³-hybridized carbons (Fsp3) is 0. The molecule has 0 saturated heterocycles. The molecule has 2 rings (SSSR count). The van der Waals surface area contributed by atoms with Crippen LogP contribution in [-0.4, -0.2) is 15.0 Å². The first-order valence-corrected chi connectivity index (χ1v) is 4.35. The fourth-order valence-corrected chi connectivity index (χ4v) is 1.94. The van der Waals surface area contributed by atoms with Gasteiger partial charge in [0.1, 0.15) is 10.8 Å². The number of anilines is 1. The van der Waals surface area contributed by atoms with E-state index in [0.717, 1.165) is 5.25 Å². The van der Waals surface area contributed by atoms with Crippen LogP contribution in [0.15, 0.2) is 5.93 Å². The highest BCUT2D eigenvalue weighted by Crippen LogP contribution is 2.25. The Labute approximate surface area is 68.9 Å². The van der Waals surface area contributed by atoms with Gasteiger partial charge in [0.15, 0.2) is 5.15 Å². The van der Waals surface area contributed by atoms with Gasteiger partial charge in [0.25, 0.3) is 0 Å². The summed E-state index contributed by atoms with van der Waals surface area (Å²) in [5.74, 6) is 1.98. The summed E-state index contributed by atoms with van der Waals surface area (Å²) in [6.07, 6.45) is 0. The molecule has 2 aromatic heterocycles. The Morgan fingerprint density at radius 1 is 1.45 bits per heavy atom. The van der Waals surface area contributed by atoms with Gasteiger partial charge in [-0.25, -0.2) is 9.97 Å². The van der Waals surface area contributed by atoms with E-state index in [0.29, 0.717) is 18.9 Å². The van der Waals surface area contributed by atoms with Crippen molar-refractivity contribution < 1.29 is 0 Å². The summed E-state index contributed by atoms with van der Waals surface area (Å²) >= 11 is 5.73. The maximum Gasteiger partial charge on any atom is 0.222 e. The molecule has 0 aliphatic carbocycles. The average Bonchev–Trinajstić information content (AvgIpc) is 2.34. The molecule has 0 radical (unpaired) electrons. The van der Waals surface area contributed by atoms with E-state index in [9.17, 15) is 0 Å². The Kier molecular flexibility index (Phi) is 1.44. The zero-order valence-corrected chi connectivity index (χ0v) is 7.13. The standard InChI is InChI=1S/C5H4ClN4P/c6-3-2-4(11-1-8-2)10-5(7)9-3/h1,11H,(H2,7,9,10). The summed E-state index contributed by atoms with van der Waals surface area (Å²) in [7, 11) is 0.465. The molecule has 1 atom stereocenters. The topological polar surface area (TPSA) is 64.7 Å². The van der Waals surface area contributed by atoms with Crippen molar-refractivity contribution in [2.75, 3.05) is 5.73 Å². The van der Waals surface area contributed by atoms with Crippen LogP contribution in [0.5, 0.6) is 0 Å². The van der Waals surface area contributed by atoms with Crippen molar-refractivity contribution in [3.05, 3.63) is 11.1 Å². The lowest BCUT2D eigenvalue weighted by Gasteiger charge is -1.92. The third-order valence-electron chi connectivity index (χ3n) is 1.25. The van der Waals surface area contributed by atoms with Crippen molar-refractivity contribution in [3.63, 3.8) is 0 Å². The lowest BCUT2D eigenvalue weighted by molar-refractivity contribution is 1.24. The van der Waals surface area contributed by atoms with Crippen molar-refractivity contribution in [1.29, 1.82) is 0 Å². The van der Waals surface area contributed by atoms with E-state index in [2.05, 4.69) is 15.0 Å². The number of nitrogens with zero attached hydrogens (tertiary/aromatic N) is 3. The molecule has 0 saturated carbocycles. The number of hydrogen-bond acceptors (Lipinski definition) is 4. The predicted molar refractivity (Wildman–Crippen MR) is 46.3 cm³/mol. The Bertz CT molecular complexity index is 398. The molecule has 11 heavy (non-hydrogen) atoms. The van der Waals surface area contributed by atoms with Gasteiger partial charge in [-0.2, -0.15) is 4.98 Å². The average molecular weight is 187 g/mol. The first-order valence-electron chi connectivity index (χ1n) is 2.89. The molecule has 2 N–H and O–H groups in total. The van der Waals surface area contributed by atoms with Crippen LogP contribution < -0.4 is 5.73 Å². The molecule has 1 unspecified atom stereocenters. The Morgan fingerprint density at radius 3 is 3.09 bits per heavy atom. The van der Waals surface area contributed by atoms with Crippen molar-refractivity contribution in [3.8, 4) is 0 Å². The lowest BCUT2D eigenvalue weighted by atomic mass is 10.6. The summed E-state index contributed by atoms with van der Waals surface area (Å²) in [6, 6.07) is 0. The second-order valence-electron chi connectivity index (χ2n) is 1.97. The lowest BCUT2D eigenvalue weighted by Crippen LogP contribution is -1.93. The maximum absolute atomic E-state index is 5.73. The first kappa shape index (κ1) is 6.83. The van der Waals surface area contributed by atoms with Crippen LogP contribution in [-0.2, 0) is 0 Å².